The number of carbonyl (C=O) groups is 1. The maximum atomic E-state index is 11.3. The summed E-state index contributed by atoms with van der Waals surface area (Å²) in [6.45, 7) is 1.44. The van der Waals surface area contributed by atoms with Crippen LogP contribution >= 0.6 is 34.2 Å². The van der Waals surface area contributed by atoms with Crippen LogP contribution in [0.4, 0.5) is 5.95 Å². The van der Waals surface area contributed by atoms with Crippen molar-refractivity contribution >= 4 is 62.6 Å². The van der Waals surface area contributed by atoms with Gasteiger partial charge >= 0.3 is 0 Å². The molecule has 0 aliphatic rings. The Morgan fingerprint density at radius 1 is 1.37 bits per heavy atom. The third-order valence-corrected chi connectivity index (χ3v) is 4.11. The van der Waals surface area contributed by atoms with Crippen LogP contribution in [0.25, 0.3) is 16.6 Å². The molecule has 0 spiro atoms. The average molecular weight is 387 g/mol. The highest BCUT2D eigenvalue weighted by molar-refractivity contribution is 14.1. The van der Waals surface area contributed by atoms with E-state index < -0.39 is 0 Å². The zero-order valence-electron chi connectivity index (χ0n) is 9.82. The Morgan fingerprint density at radius 2 is 2.11 bits per heavy atom. The predicted octanol–water partition coefficient (Wildman–Crippen LogP) is 3.10. The largest absolute Gasteiger partial charge is 0.296 e. The van der Waals surface area contributed by atoms with Crippen molar-refractivity contribution in [2.24, 2.45) is 0 Å². The molecule has 0 aliphatic carbocycles. The molecule has 1 amide bonds. The summed E-state index contributed by atoms with van der Waals surface area (Å²) in [5, 5.41) is 4.20. The topological polar surface area (TPSA) is 59.3 Å². The number of aromatic nitrogens is 3. The summed E-state index contributed by atoms with van der Waals surface area (Å²) in [7, 11) is 0. The molecule has 5 nitrogen and oxygen atoms in total. The van der Waals surface area contributed by atoms with Crippen LogP contribution in [0.1, 0.15) is 6.92 Å². The van der Waals surface area contributed by atoms with Gasteiger partial charge in [0, 0.05) is 22.9 Å². The minimum Gasteiger partial charge on any atom is -0.296 e. The fraction of sp³-hybridized carbons (Fsp3) is 0.0833. The number of hydrogen-bond acceptors (Lipinski definition) is 3. The molecular formula is C12H8ClIN4O. The Hall–Kier alpha value is -1.41. The fourth-order valence-corrected chi connectivity index (χ4v) is 3.33. The Kier molecular flexibility index (Phi) is 3.06. The number of rotatable bonds is 1. The van der Waals surface area contributed by atoms with Crippen LogP contribution in [-0.4, -0.2) is 20.3 Å². The molecule has 3 heterocycles. The zero-order valence-corrected chi connectivity index (χ0v) is 12.7. The van der Waals surface area contributed by atoms with E-state index in [1.807, 2.05) is 6.07 Å². The third kappa shape index (κ3) is 1.95. The summed E-state index contributed by atoms with van der Waals surface area (Å²) in [6, 6.07) is 3.61. The van der Waals surface area contributed by atoms with Crippen molar-refractivity contribution in [3.05, 3.63) is 33.1 Å². The Labute approximate surface area is 127 Å². The van der Waals surface area contributed by atoms with Crippen LogP contribution < -0.4 is 5.32 Å². The summed E-state index contributed by atoms with van der Waals surface area (Å²) < 4.78 is 2.78. The predicted molar refractivity (Wildman–Crippen MR) is 82.5 cm³/mol. The molecule has 0 radical (unpaired) electrons. The number of nitrogens with one attached hydrogen (secondary N) is 1. The van der Waals surface area contributed by atoms with Crippen molar-refractivity contribution in [3.63, 3.8) is 0 Å². The Bertz CT molecular complexity index is 814. The molecule has 7 heteroatoms. The molecule has 3 aromatic heterocycles. The van der Waals surface area contributed by atoms with Gasteiger partial charge in [0.15, 0.2) is 0 Å². The first kappa shape index (κ1) is 12.6. The highest BCUT2D eigenvalue weighted by Gasteiger charge is 2.16. The second-order valence-corrected chi connectivity index (χ2v) is 5.46. The van der Waals surface area contributed by atoms with Gasteiger partial charge in [-0.15, -0.1) is 0 Å². The molecule has 1 N–H and O–H groups in total. The first-order chi connectivity index (χ1) is 9.09. The number of pyridine rings is 1. The standard InChI is InChI=1S/C12H8ClIN4O/c1-6(19)17-12-16-5-3-8-10(14)9-7(13)2-4-15-11(9)18(8)12/h2-5H,1H3,(H,16,17,19). The summed E-state index contributed by atoms with van der Waals surface area (Å²) in [6.07, 6.45) is 3.29. The van der Waals surface area contributed by atoms with Crippen molar-refractivity contribution in [1.82, 2.24) is 14.4 Å². The van der Waals surface area contributed by atoms with Gasteiger partial charge in [0.1, 0.15) is 5.65 Å². The van der Waals surface area contributed by atoms with E-state index in [1.165, 1.54) is 6.92 Å². The minimum absolute atomic E-state index is 0.182. The van der Waals surface area contributed by atoms with Gasteiger partial charge in [-0.25, -0.2) is 9.97 Å². The highest BCUT2D eigenvalue weighted by atomic mass is 127. The van der Waals surface area contributed by atoms with Gasteiger partial charge in [0.2, 0.25) is 11.9 Å². The van der Waals surface area contributed by atoms with Crippen LogP contribution in [0.3, 0.4) is 0 Å². The lowest BCUT2D eigenvalue weighted by Gasteiger charge is -2.05. The molecule has 3 aromatic rings. The number of anilines is 1. The summed E-state index contributed by atoms with van der Waals surface area (Å²) in [5.74, 6) is 0.256. The first-order valence-corrected chi connectivity index (χ1v) is 6.92. The van der Waals surface area contributed by atoms with Crippen LogP contribution in [0, 0.1) is 3.57 Å². The van der Waals surface area contributed by atoms with Gasteiger partial charge in [-0.3, -0.25) is 14.5 Å². The van der Waals surface area contributed by atoms with Gasteiger partial charge in [0.25, 0.3) is 0 Å². The van der Waals surface area contributed by atoms with Gasteiger partial charge < -0.3 is 0 Å². The molecule has 96 valence electrons. The number of halogens is 2. The number of amides is 1. The number of fused-ring (bicyclic) bond motifs is 3. The lowest BCUT2D eigenvalue weighted by atomic mass is 10.3. The van der Waals surface area contributed by atoms with Crippen LogP contribution in [0.5, 0.6) is 0 Å². The molecule has 0 fully saturated rings. The zero-order chi connectivity index (χ0) is 13.6. The monoisotopic (exact) mass is 386 g/mol. The van der Waals surface area contributed by atoms with Gasteiger partial charge in [-0.05, 0) is 34.7 Å². The number of nitrogens with zero attached hydrogens (tertiary/aromatic N) is 3. The average Bonchev–Trinajstić information content (AvgIpc) is 2.65. The smallest absolute Gasteiger partial charge is 0.223 e. The van der Waals surface area contributed by atoms with Crippen LogP contribution in [-0.2, 0) is 4.79 Å². The fourth-order valence-electron chi connectivity index (χ4n) is 1.98. The SMILES string of the molecule is CC(=O)Nc1nccc2c(I)c3c(Cl)ccnc3n12. The second-order valence-electron chi connectivity index (χ2n) is 3.98. The lowest BCUT2D eigenvalue weighted by molar-refractivity contribution is -0.114. The Balaban J connectivity index is 2.49. The molecule has 0 saturated heterocycles. The van der Waals surface area contributed by atoms with E-state index in [2.05, 4.69) is 37.9 Å². The van der Waals surface area contributed by atoms with E-state index >= 15 is 0 Å². The quantitative estimate of drug-likeness (QED) is 0.654. The van der Waals surface area contributed by atoms with Gasteiger partial charge in [-0.2, -0.15) is 0 Å². The molecular weight excluding hydrogens is 379 g/mol. The van der Waals surface area contributed by atoms with Crippen LogP contribution in [0.2, 0.25) is 5.02 Å². The summed E-state index contributed by atoms with van der Waals surface area (Å²) >= 11 is 8.45. The van der Waals surface area contributed by atoms with E-state index in [0.717, 1.165) is 14.5 Å². The van der Waals surface area contributed by atoms with Gasteiger partial charge in [-0.1, -0.05) is 11.6 Å². The molecule has 0 unspecified atom stereocenters. The van der Waals surface area contributed by atoms with E-state index in [9.17, 15) is 4.79 Å². The molecule has 0 aliphatic heterocycles. The molecule has 0 saturated carbocycles. The van der Waals surface area contributed by atoms with Crippen molar-refractivity contribution in [1.29, 1.82) is 0 Å². The van der Waals surface area contributed by atoms with Crippen molar-refractivity contribution in [2.75, 3.05) is 5.32 Å². The number of carbonyl (C=O) groups excluding carboxylic acids is 1. The molecule has 0 bridgehead atoms. The summed E-state index contributed by atoms with van der Waals surface area (Å²) in [4.78, 5) is 19.8. The van der Waals surface area contributed by atoms with Crippen LogP contribution in [0.15, 0.2) is 24.5 Å². The lowest BCUT2D eigenvalue weighted by Crippen LogP contribution is -2.11. The minimum atomic E-state index is -0.182. The van der Waals surface area contributed by atoms with E-state index in [-0.39, 0.29) is 5.91 Å². The van der Waals surface area contributed by atoms with Crippen molar-refractivity contribution in [3.8, 4) is 0 Å². The second kappa shape index (κ2) is 4.61. The van der Waals surface area contributed by atoms with Gasteiger partial charge in [0.05, 0.1) is 15.9 Å². The third-order valence-electron chi connectivity index (χ3n) is 2.71. The van der Waals surface area contributed by atoms with E-state index in [0.29, 0.717) is 16.6 Å². The van der Waals surface area contributed by atoms with E-state index in [1.54, 1.807) is 22.9 Å². The maximum Gasteiger partial charge on any atom is 0.223 e. The maximum absolute atomic E-state index is 11.3. The number of hydrogen-bond donors (Lipinski definition) is 1. The summed E-state index contributed by atoms with van der Waals surface area (Å²) in [5.41, 5.74) is 1.60. The van der Waals surface area contributed by atoms with E-state index in [4.69, 9.17) is 11.6 Å². The van der Waals surface area contributed by atoms with Crippen molar-refractivity contribution in [2.45, 2.75) is 6.92 Å². The molecule has 19 heavy (non-hydrogen) atoms. The highest BCUT2D eigenvalue weighted by Crippen LogP contribution is 2.33. The van der Waals surface area contributed by atoms with Crippen molar-refractivity contribution < 1.29 is 4.79 Å². The molecule has 0 atom stereocenters. The normalized spacial score (nSPS) is 11.1. The Morgan fingerprint density at radius 3 is 2.84 bits per heavy atom. The first-order valence-electron chi connectivity index (χ1n) is 5.46. The molecule has 3 rings (SSSR count). The molecule has 0 aromatic carbocycles.